The first kappa shape index (κ1) is 37.0. The Hall–Kier alpha value is -7.58. The third-order valence-corrected chi connectivity index (χ3v) is 16.1. The molecule has 0 aliphatic carbocycles. The van der Waals surface area contributed by atoms with Gasteiger partial charge in [-0.25, -0.2) is 8.42 Å². The summed E-state index contributed by atoms with van der Waals surface area (Å²) < 4.78 is 37.6. The van der Waals surface area contributed by atoms with Crippen LogP contribution in [0, 0.1) is 0 Å². The second-order valence-corrected chi connectivity index (χ2v) is 19.4. The SMILES string of the molecule is O=S1(=O)c2ccc(N3c4ccccc4Oc4ccc5ccccc5c43)cc2C(c2ccccc2)(c2ccccc2)c2cc(N3c4ccccc4Sc4ccc5ccccc5c43)ccc21. The summed E-state index contributed by atoms with van der Waals surface area (Å²) in [4.78, 5) is 7.39. The number of benzene rings is 10. The third kappa shape index (κ3) is 5.22. The maximum atomic E-state index is 15.5. The maximum Gasteiger partial charge on any atom is 0.207 e. The first-order valence-corrected chi connectivity index (χ1v) is 23.6. The molecule has 10 aromatic rings. The summed E-state index contributed by atoms with van der Waals surface area (Å²) in [5.41, 5.74) is 7.78. The van der Waals surface area contributed by atoms with Crippen LogP contribution in [0.15, 0.2) is 238 Å². The van der Waals surface area contributed by atoms with Gasteiger partial charge in [0.25, 0.3) is 0 Å². The lowest BCUT2D eigenvalue weighted by Crippen LogP contribution is -2.38. The number of para-hydroxylation sites is 3. The number of rotatable bonds is 4. The highest BCUT2D eigenvalue weighted by Crippen LogP contribution is 2.60. The highest BCUT2D eigenvalue weighted by molar-refractivity contribution is 7.99. The molecule has 3 heterocycles. The average molecular weight is 861 g/mol. The molecule has 10 aromatic carbocycles. The Morgan fingerprint density at radius 1 is 0.422 bits per heavy atom. The van der Waals surface area contributed by atoms with Gasteiger partial charge in [0.1, 0.15) is 0 Å². The number of hydrogen-bond donors (Lipinski definition) is 0. The molecule has 3 aliphatic rings. The predicted molar refractivity (Wildman–Crippen MR) is 259 cm³/mol. The van der Waals surface area contributed by atoms with Gasteiger partial charge in [-0.2, -0.15) is 0 Å². The van der Waals surface area contributed by atoms with Crippen LogP contribution in [-0.2, 0) is 15.3 Å². The summed E-state index contributed by atoms with van der Waals surface area (Å²) in [5.74, 6) is 1.44. The molecule has 0 radical (unpaired) electrons. The van der Waals surface area contributed by atoms with Crippen LogP contribution in [0.5, 0.6) is 11.5 Å². The molecular weight excluding hydrogens is 825 g/mol. The Kier molecular flexibility index (Phi) is 8.08. The molecule has 0 amide bonds. The van der Waals surface area contributed by atoms with Crippen LogP contribution in [0.2, 0.25) is 0 Å². The maximum absolute atomic E-state index is 15.5. The minimum absolute atomic E-state index is 0.278. The zero-order valence-electron chi connectivity index (χ0n) is 34.2. The van der Waals surface area contributed by atoms with Crippen molar-refractivity contribution in [3.05, 3.63) is 241 Å². The number of anilines is 6. The highest BCUT2D eigenvalue weighted by Gasteiger charge is 2.50. The van der Waals surface area contributed by atoms with Crippen molar-refractivity contribution < 1.29 is 13.2 Å². The molecule has 0 aromatic heterocycles. The van der Waals surface area contributed by atoms with Gasteiger partial charge in [0.05, 0.1) is 38.0 Å². The first-order chi connectivity index (χ1) is 31.5. The van der Waals surface area contributed by atoms with Crippen molar-refractivity contribution in [1.82, 2.24) is 0 Å². The van der Waals surface area contributed by atoms with Crippen molar-refractivity contribution in [2.75, 3.05) is 9.80 Å². The normalized spacial score (nSPS) is 14.9. The van der Waals surface area contributed by atoms with Crippen molar-refractivity contribution in [1.29, 1.82) is 0 Å². The van der Waals surface area contributed by atoms with Gasteiger partial charge in [-0.05, 0) is 106 Å². The number of nitrogens with zero attached hydrogens (tertiary/aromatic N) is 2. The Labute approximate surface area is 375 Å². The summed E-state index contributed by atoms with van der Waals surface area (Å²) in [7, 11) is -4.06. The van der Waals surface area contributed by atoms with E-state index in [0.29, 0.717) is 11.1 Å². The van der Waals surface area contributed by atoms with Crippen LogP contribution in [0.3, 0.4) is 0 Å². The van der Waals surface area contributed by atoms with E-state index in [1.54, 1.807) is 11.8 Å². The minimum Gasteiger partial charge on any atom is -0.453 e. The van der Waals surface area contributed by atoms with Gasteiger partial charge in [-0.1, -0.05) is 157 Å². The van der Waals surface area contributed by atoms with Gasteiger partial charge >= 0.3 is 0 Å². The smallest absolute Gasteiger partial charge is 0.207 e. The van der Waals surface area contributed by atoms with Crippen molar-refractivity contribution in [2.45, 2.75) is 25.0 Å². The standard InChI is InChI=1S/C57H36N2O3S2/c60-64(61)53-33-29-41(58-47-23-11-13-25-49(47)62-50-31-27-37-15-7-9-21-43(37)55(50)58)35-45(53)57(39-17-3-1-4-18-39,40-19-5-2-6-20-40)46-36-42(30-34-54(46)64)59-48-24-12-14-26-51(48)63-52-32-28-38-16-8-10-22-44(38)56(52)59/h1-36H. The van der Waals surface area contributed by atoms with Gasteiger partial charge in [0, 0.05) is 31.9 Å². The van der Waals surface area contributed by atoms with Crippen LogP contribution in [0.25, 0.3) is 21.5 Å². The van der Waals surface area contributed by atoms with Gasteiger partial charge in [-0.3, -0.25) is 0 Å². The van der Waals surface area contributed by atoms with Gasteiger partial charge < -0.3 is 14.5 Å². The largest absolute Gasteiger partial charge is 0.453 e. The van der Waals surface area contributed by atoms with Crippen molar-refractivity contribution in [3.8, 4) is 11.5 Å². The average Bonchev–Trinajstić information content (AvgIpc) is 3.35. The molecule has 304 valence electrons. The Morgan fingerprint density at radius 3 is 1.59 bits per heavy atom. The molecule has 0 unspecified atom stereocenters. The molecule has 64 heavy (non-hydrogen) atoms. The molecule has 0 bridgehead atoms. The van der Waals surface area contributed by atoms with Crippen LogP contribution in [-0.4, -0.2) is 8.42 Å². The van der Waals surface area contributed by atoms with E-state index in [2.05, 4.69) is 155 Å². The molecule has 0 atom stereocenters. The van der Waals surface area contributed by atoms with Crippen LogP contribution < -0.4 is 14.5 Å². The van der Waals surface area contributed by atoms with E-state index in [1.807, 2.05) is 72.8 Å². The van der Waals surface area contributed by atoms with E-state index in [1.165, 1.54) is 0 Å². The quantitative estimate of drug-likeness (QED) is 0.176. The topological polar surface area (TPSA) is 49.9 Å². The molecule has 0 N–H and O–H groups in total. The van der Waals surface area contributed by atoms with Gasteiger partial charge in [0.2, 0.25) is 9.84 Å². The fourth-order valence-corrected chi connectivity index (χ4v) is 13.2. The summed E-state index contributed by atoms with van der Waals surface area (Å²) in [6.07, 6.45) is 0. The molecule has 0 saturated heterocycles. The van der Waals surface area contributed by atoms with Crippen LogP contribution in [0.1, 0.15) is 22.3 Å². The summed E-state index contributed by atoms with van der Waals surface area (Å²) in [6, 6.07) is 74.5. The zero-order chi connectivity index (χ0) is 42.6. The minimum atomic E-state index is -4.06. The number of sulfone groups is 1. The summed E-state index contributed by atoms with van der Waals surface area (Å²) in [5, 5.41) is 4.36. The van der Waals surface area contributed by atoms with Crippen LogP contribution >= 0.6 is 11.8 Å². The van der Waals surface area contributed by atoms with E-state index >= 15 is 8.42 Å². The number of hydrogen-bond acceptors (Lipinski definition) is 6. The fourth-order valence-electron chi connectivity index (χ4n) is 10.4. The fraction of sp³-hybridized carbons (Fsp3) is 0.0175. The van der Waals surface area contributed by atoms with Gasteiger partial charge in [0.15, 0.2) is 11.5 Å². The third-order valence-electron chi connectivity index (χ3n) is 13.1. The second kappa shape index (κ2) is 14.0. The van der Waals surface area contributed by atoms with E-state index in [4.69, 9.17) is 4.74 Å². The first-order valence-electron chi connectivity index (χ1n) is 21.3. The van der Waals surface area contributed by atoms with E-state index in [9.17, 15) is 0 Å². The molecule has 7 heteroatoms. The van der Waals surface area contributed by atoms with E-state index < -0.39 is 15.3 Å². The van der Waals surface area contributed by atoms with Crippen molar-refractivity contribution in [3.63, 3.8) is 0 Å². The molecular formula is C57H36N2O3S2. The Bertz CT molecular complexity index is 3430. The highest BCUT2D eigenvalue weighted by atomic mass is 32.2. The molecule has 0 saturated carbocycles. The summed E-state index contributed by atoms with van der Waals surface area (Å²) >= 11 is 1.76. The van der Waals surface area contributed by atoms with Gasteiger partial charge in [-0.15, -0.1) is 0 Å². The molecule has 13 rings (SSSR count). The molecule has 0 fully saturated rings. The molecule has 3 aliphatic heterocycles. The lowest BCUT2D eigenvalue weighted by Gasteiger charge is -2.43. The number of ether oxygens (including phenoxy) is 1. The van der Waals surface area contributed by atoms with Crippen molar-refractivity contribution in [2.24, 2.45) is 0 Å². The molecule has 5 nitrogen and oxygen atoms in total. The van der Waals surface area contributed by atoms with Crippen LogP contribution in [0.4, 0.5) is 34.1 Å². The zero-order valence-corrected chi connectivity index (χ0v) is 35.9. The van der Waals surface area contributed by atoms with Crippen molar-refractivity contribution >= 4 is 77.3 Å². The lowest BCUT2D eigenvalue weighted by molar-refractivity contribution is 0.478. The van der Waals surface area contributed by atoms with E-state index in [0.717, 1.165) is 88.1 Å². The molecule has 0 spiro atoms. The number of fused-ring (bicyclic) bond motifs is 10. The Morgan fingerprint density at radius 2 is 0.938 bits per heavy atom. The predicted octanol–water partition coefficient (Wildman–Crippen LogP) is 15.0. The summed E-state index contributed by atoms with van der Waals surface area (Å²) in [6.45, 7) is 0. The Balaban J connectivity index is 1.13. The second-order valence-electron chi connectivity index (χ2n) is 16.4. The monoisotopic (exact) mass is 860 g/mol. The lowest BCUT2D eigenvalue weighted by atomic mass is 9.64. The van der Waals surface area contributed by atoms with E-state index in [-0.39, 0.29) is 9.79 Å².